The van der Waals surface area contributed by atoms with Crippen LogP contribution in [0.15, 0.2) is 18.2 Å². The molecule has 1 unspecified atom stereocenters. The molecule has 1 amide bonds. The van der Waals surface area contributed by atoms with E-state index in [0.717, 1.165) is 17.7 Å². The summed E-state index contributed by atoms with van der Waals surface area (Å²) in [6.45, 7) is 3.63. The Morgan fingerprint density at radius 2 is 2.24 bits per heavy atom. The minimum atomic E-state index is -0.281. The normalized spacial score (nSPS) is 20.1. The molecule has 0 aliphatic carbocycles. The Morgan fingerprint density at radius 1 is 1.47 bits per heavy atom. The van der Waals surface area contributed by atoms with E-state index in [4.69, 9.17) is 5.73 Å². The van der Waals surface area contributed by atoms with Crippen molar-refractivity contribution in [2.45, 2.75) is 26.4 Å². The largest absolute Gasteiger partial charge is 0.338 e. The quantitative estimate of drug-likeness (QED) is 0.867. The average Bonchev–Trinajstić information content (AvgIpc) is 2.58. The maximum atomic E-state index is 13.2. The zero-order chi connectivity index (χ0) is 12.4. The van der Waals surface area contributed by atoms with Gasteiger partial charge in [-0.15, -0.1) is 0 Å². The first-order chi connectivity index (χ1) is 8.10. The molecule has 1 saturated heterocycles. The number of rotatable bonds is 3. The SMILES string of the molecule is CC1CC(=O)N(Cc2cc(F)ccc2CN)C1. The lowest BCUT2D eigenvalue weighted by Crippen LogP contribution is -2.25. The zero-order valence-electron chi connectivity index (χ0n) is 9.95. The molecule has 1 aliphatic rings. The van der Waals surface area contributed by atoms with Crippen molar-refractivity contribution in [2.75, 3.05) is 6.54 Å². The Labute approximate surface area is 100 Å². The molecule has 1 aromatic carbocycles. The fraction of sp³-hybridized carbons (Fsp3) is 0.462. The van der Waals surface area contributed by atoms with E-state index in [1.165, 1.54) is 12.1 Å². The monoisotopic (exact) mass is 236 g/mol. The van der Waals surface area contributed by atoms with E-state index in [2.05, 4.69) is 0 Å². The van der Waals surface area contributed by atoms with Crippen molar-refractivity contribution >= 4 is 5.91 Å². The lowest BCUT2D eigenvalue weighted by Gasteiger charge is -2.18. The van der Waals surface area contributed by atoms with Gasteiger partial charge in [0.2, 0.25) is 5.91 Å². The van der Waals surface area contributed by atoms with Gasteiger partial charge in [-0.2, -0.15) is 0 Å². The van der Waals surface area contributed by atoms with Crippen molar-refractivity contribution in [3.63, 3.8) is 0 Å². The van der Waals surface area contributed by atoms with Gasteiger partial charge in [-0.05, 0) is 29.2 Å². The highest BCUT2D eigenvalue weighted by Gasteiger charge is 2.26. The average molecular weight is 236 g/mol. The molecule has 0 aromatic heterocycles. The van der Waals surface area contributed by atoms with Crippen molar-refractivity contribution in [2.24, 2.45) is 11.7 Å². The molecule has 92 valence electrons. The van der Waals surface area contributed by atoms with E-state index in [9.17, 15) is 9.18 Å². The fourth-order valence-corrected chi connectivity index (χ4v) is 2.27. The first-order valence-electron chi connectivity index (χ1n) is 5.85. The summed E-state index contributed by atoms with van der Waals surface area (Å²) in [4.78, 5) is 13.5. The van der Waals surface area contributed by atoms with Crippen LogP contribution in [0.25, 0.3) is 0 Å². The summed E-state index contributed by atoms with van der Waals surface area (Å²) >= 11 is 0. The molecule has 1 fully saturated rings. The van der Waals surface area contributed by atoms with Gasteiger partial charge < -0.3 is 10.6 Å². The number of halogens is 1. The van der Waals surface area contributed by atoms with Gasteiger partial charge in [0, 0.05) is 26.1 Å². The van der Waals surface area contributed by atoms with E-state index in [-0.39, 0.29) is 11.7 Å². The predicted octanol–water partition coefficient (Wildman–Crippen LogP) is 1.65. The Hall–Kier alpha value is -1.42. The van der Waals surface area contributed by atoms with Crippen LogP contribution in [-0.4, -0.2) is 17.4 Å². The number of carbonyl (C=O) groups is 1. The number of hydrogen-bond acceptors (Lipinski definition) is 2. The standard InChI is InChI=1S/C13H17FN2O/c1-9-4-13(17)16(7-9)8-11-5-12(14)3-2-10(11)6-15/h2-3,5,9H,4,6-8,15H2,1H3. The minimum absolute atomic E-state index is 0.143. The van der Waals surface area contributed by atoms with Crippen molar-refractivity contribution in [3.8, 4) is 0 Å². The van der Waals surface area contributed by atoms with Gasteiger partial charge in [0.05, 0.1) is 0 Å². The van der Waals surface area contributed by atoms with Crippen molar-refractivity contribution in [3.05, 3.63) is 35.1 Å². The lowest BCUT2D eigenvalue weighted by molar-refractivity contribution is -0.128. The third-order valence-electron chi connectivity index (χ3n) is 3.16. The zero-order valence-corrected chi connectivity index (χ0v) is 9.95. The summed E-state index contributed by atoms with van der Waals surface area (Å²) in [7, 11) is 0. The van der Waals surface area contributed by atoms with Crippen molar-refractivity contribution < 1.29 is 9.18 Å². The van der Waals surface area contributed by atoms with Gasteiger partial charge in [0.15, 0.2) is 0 Å². The molecule has 1 aliphatic heterocycles. The van der Waals surface area contributed by atoms with Crippen molar-refractivity contribution in [1.29, 1.82) is 0 Å². The van der Waals surface area contributed by atoms with Crippen LogP contribution in [-0.2, 0) is 17.9 Å². The number of carbonyl (C=O) groups excluding carboxylic acids is 1. The summed E-state index contributed by atoms with van der Waals surface area (Å²) in [5.41, 5.74) is 7.33. The number of benzene rings is 1. The molecule has 3 nitrogen and oxygen atoms in total. The second-order valence-corrected chi connectivity index (χ2v) is 4.70. The first-order valence-corrected chi connectivity index (χ1v) is 5.85. The van der Waals surface area contributed by atoms with Crippen LogP contribution in [0.4, 0.5) is 4.39 Å². The molecule has 0 bridgehead atoms. The van der Waals surface area contributed by atoms with Gasteiger partial charge in [0.25, 0.3) is 0 Å². The molecule has 0 radical (unpaired) electrons. The van der Waals surface area contributed by atoms with E-state index >= 15 is 0 Å². The minimum Gasteiger partial charge on any atom is -0.338 e. The van der Waals surface area contributed by atoms with Gasteiger partial charge in [-0.3, -0.25) is 4.79 Å². The topological polar surface area (TPSA) is 46.3 Å². The van der Waals surface area contributed by atoms with Crippen LogP contribution >= 0.6 is 0 Å². The predicted molar refractivity (Wildman–Crippen MR) is 63.5 cm³/mol. The Balaban J connectivity index is 2.18. The van der Waals surface area contributed by atoms with Gasteiger partial charge in [-0.25, -0.2) is 4.39 Å². The molecule has 17 heavy (non-hydrogen) atoms. The summed E-state index contributed by atoms with van der Waals surface area (Å²) in [5.74, 6) is 0.249. The summed E-state index contributed by atoms with van der Waals surface area (Å²) < 4.78 is 13.2. The van der Waals surface area contributed by atoms with Crippen molar-refractivity contribution in [1.82, 2.24) is 4.90 Å². The fourth-order valence-electron chi connectivity index (χ4n) is 2.27. The molecule has 2 N–H and O–H groups in total. The molecule has 1 heterocycles. The second kappa shape index (κ2) is 4.84. The molecule has 2 rings (SSSR count). The number of nitrogens with two attached hydrogens (primary N) is 1. The van der Waals surface area contributed by atoms with Crippen LogP contribution in [0.3, 0.4) is 0 Å². The highest BCUT2D eigenvalue weighted by molar-refractivity contribution is 5.78. The maximum absolute atomic E-state index is 13.2. The first kappa shape index (κ1) is 12.0. The molecular weight excluding hydrogens is 219 g/mol. The van der Waals surface area contributed by atoms with Gasteiger partial charge in [0.1, 0.15) is 5.82 Å². The number of nitrogens with zero attached hydrogens (tertiary/aromatic N) is 1. The molecule has 0 saturated carbocycles. The van der Waals surface area contributed by atoms with E-state index in [0.29, 0.717) is 25.4 Å². The smallest absolute Gasteiger partial charge is 0.223 e. The number of amides is 1. The highest BCUT2D eigenvalue weighted by Crippen LogP contribution is 2.21. The molecular formula is C13H17FN2O. The molecule has 1 aromatic rings. The number of hydrogen-bond donors (Lipinski definition) is 1. The Kier molecular flexibility index (Phi) is 3.43. The third-order valence-corrected chi connectivity index (χ3v) is 3.16. The summed E-state index contributed by atoms with van der Waals surface area (Å²) in [6.07, 6.45) is 0.591. The number of likely N-dealkylation sites (tertiary alicyclic amines) is 1. The third kappa shape index (κ3) is 2.64. The summed E-state index contributed by atoms with van der Waals surface area (Å²) in [6, 6.07) is 4.56. The summed E-state index contributed by atoms with van der Waals surface area (Å²) in [5, 5.41) is 0. The Bertz CT molecular complexity index is 433. The van der Waals surface area contributed by atoms with Gasteiger partial charge >= 0.3 is 0 Å². The van der Waals surface area contributed by atoms with E-state index < -0.39 is 0 Å². The maximum Gasteiger partial charge on any atom is 0.223 e. The second-order valence-electron chi connectivity index (χ2n) is 4.70. The lowest BCUT2D eigenvalue weighted by atomic mass is 10.1. The van der Waals surface area contributed by atoms with Crippen LogP contribution < -0.4 is 5.73 Å². The molecule has 1 atom stereocenters. The van der Waals surface area contributed by atoms with Crippen LogP contribution in [0.2, 0.25) is 0 Å². The van der Waals surface area contributed by atoms with Crippen LogP contribution in [0.1, 0.15) is 24.5 Å². The van der Waals surface area contributed by atoms with Crippen LogP contribution in [0, 0.1) is 11.7 Å². The van der Waals surface area contributed by atoms with Gasteiger partial charge in [-0.1, -0.05) is 13.0 Å². The Morgan fingerprint density at radius 3 is 2.82 bits per heavy atom. The van der Waals surface area contributed by atoms with Crippen LogP contribution in [0.5, 0.6) is 0 Å². The molecule has 4 heteroatoms. The van der Waals surface area contributed by atoms with E-state index in [1.54, 1.807) is 11.0 Å². The van der Waals surface area contributed by atoms with E-state index in [1.807, 2.05) is 6.92 Å². The highest BCUT2D eigenvalue weighted by atomic mass is 19.1. The molecule has 0 spiro atoms.